The number of hydrogen-bond donors (Lipinski definition) is 1. The van der Waals surface area contributed by atoms with Crippen molar-refractivity contribution in [2.24, 2.45) is 0 Å². The van der Waals surface area contributed by atoms with E-state index in [2.05, 4.69) is 33.9 Å². The third-order valence-electron chi connectivity index (χ3n) is 4.50. The minimum Gasteiger partial charge on any atom is -0.408 e. The minimum absolute atomic E-state index is 0.0839. The fourth-order valence-corrected chi connectivity index (χ4v) is 3.67. The summed E-state index contributed by atoms with van der Waals surface area (Å²) in [7, 11) is -1.96. The molecule has 2 heterocycles. The number of hydrogen-bond acceptors (Lipinski definition) is 5. The Hall–Kier alpha value is 0.0169. The monoisotopic (exact) mass is 304 g/mol. The molecule has 2 fully saturated rings. The molecule has 2 aliphatic heterocycles. The van der Waals surface area contributed by atoms with Crippen LogP contribution in [0.25, 0.3) is 0 Å². The van der Waals surface area contributed by atoms with Gasteiger partial charge in [0, 0.05) is 0 Å². The van der Waals surface area contributed by atoms with Gasteiger partial charge in [-0.2, -0.15) is 0 Å². The molecule has 2 saturated heterocycles. The molecule has 0 bridgehead atoms. The average Bonchev–Trinajstić information content (AvgIpc) is 2.70. The van der Waals surface area contributed by atoms with Crippen molar-refractivity contribution in [3.05, 3.63) is 0 Å². The Balaban J connectivity index is 2.16. The molecular weight excluding hydrogens is 276 g/mol. The van der Waals surface area contributed by atoms with Crippen molar-refractivity contribution < 1.29 is 23.7 Å². The molecule has 118 valence electrons. The zero-order valence-corrected chi connectivity index (χ0v) is 14.6. The molecule has 2 rings (SSSR count). The molecule has 4 atom stereocenters. The summed E-state index contributed by atoms with van der Waals surface area (Å²) < 4.78 is 23.8. The van der Waals surface area contributed by atoms with E-state index in [9.17, 15) is 5.11 Å². The molecule has 0 aromatic carbocycles. The SMILES string of the molecule is CC1(C)O[C@H]2O[C@H](CO)[C@H](O[Si](C)(C)C(C)(C)C)[C@H]2O1. The van der Waals surface area contributed by atoms with E-state index in [4.69, 9.17) is 18.6 Å². The summed E-state index contributed by atoms with van der Waals surface area (Å²) in [5, 5.41) is 9.62. The summed E-state index contributed by atoms with van der Waals surface area (Å²) in [6.07, 6.45) is -1.36. The Kier molecular flexibility index (Phi) is 4.13. The largest absolute Gasteiger partial charge is 0.408 e. The molecule has 0 radical (unpaired) electrons. The number of aliphatic hydroxyl groups is 1. The van der Waals surface area contributed by atoms with E-state index in [0.29, 0.717) is 0 Å². The first-order valence-electron chi connectivity index (χ1n) is 7.27. The molecule has 0 amide bonds. The topological polar surface area (TPSA) is 57.2 Å². The van der Waals surface area contributed by atoms with Gasteiger partial charge in [-0.1, -0.05) is 20.8 Å². The van der Waals surface area contributed by atoms with Crippen molar-refractivity contribution in [1.29, 1.82) is 0 Å². The van der Waals surface area contributed by atoms with Gasteiger partial charge in [-0.25, -0.2) is 0 Å². The fraction of sp³-hybridized carbons (Fsp3) is 1.00. The van der Waals surface area contributed by atoms with Crippen molar-refractivity contribution in [3.8, 4) is 0 Å². The van der Waals surface area contributed by atoms with E-state index < -0.39 is 20.4 Å². The van der Waals surface area contributed by atoms with Gasteiger partial charge in [0.1, 0.15) is 18.3 Å². The molecule has 6 heteroatoms. The van der Waals surface area contributed by atoms with Crippen molar-refractivity contribution in [2.75, 3.05) is 6.61 Å². The molecular formula is C14H28O5Si. The molecule has 5 nitrogen and oxygen atoms in total. The van der Waals surface area contributed by atoms with Gasteiger partial charge in [-0.05, 0) is 32.0 Å². The normalized spacial score (nSPS) is 37.2. The van der Waals surface area contributed by atoms with Gasteiger partial charge >= 0.3 is 0 Å². The van der Waals surface area contributed by atoms with Gasteiger partial charge in [0.05, 0.1) is 6.61 Å². The van der Waals surface area contributed by atoms with Crippen LogP contribution in [0.1, 0.15) is 34.6 Å². The van der Waals surface area contributed by atoms with Gasteiger partial charge in [0.25, 0.3) is 0 Å². The van der Waals surface area contributed by atoms with Crippen LogP contribution in [0.3, 0.4) is 0 Å². The molecule has 1 N–H and O–H groups in total. The maximum Gasteiger partial charge on any atom is 0.192 e. The van der Waals surface area contributed by atoms with Crippen molar-refractivity contribution in [3.63, 3.8) is 0 Å². The summed E-state index contributed by atoms with van der Waals surface area (Å²) in [6.45, 7) is 14.6. The van der Waals surface area contributed by atoms with Crippen molar-refractivity contribution in [2.45, 2.75) is 83.1 Å². The maximum atomic E-state index is 9.52. The number of ether oxygens (including phenoxy) is 3. The van der Waals surface area contributed by atoms with Gasteiger partial charge < -0.3 is 23.7 Å². The summed E-state index contributed by atoms with van der Waals surface area (Å²) >= 11 is 0. The molecule has 0 aromatic heterocycles. The van der Waals surface area contributed by atoms with E-state index >= 15 is 0 Å². The Morgan fingerprint density at radius 2 is 1.80 bits per heavy atom. The Morgan fingerprint density at radius 3 is 2.30 bits per heavy atom. The van der Waals surface area contributed by atoms with E-state index in [1.807, 2.05) is 13.8 Å². The second-order valence-corrected chi connectivity index (χ2v) is 12.4. The maximum absolute atomic E-state index is 9.52. The lowest BCUT2D eigenvalue weighted by Crippen LogP contribution is -2.50. The second kappa shape index (κ2) is 5.03. The van der Waals surface area contributed by atoms with Gasteiger partial charge in [-0.15, -0.1) is 0 Å². The van der Waals surface area contributed by atoms with E-state index in [1.165, 1.54) is 0 Å². The second-order valence-electron chi connectivity index (χ2n) is 7.67. The summed E-state index contributed by atoms with van der Waals surface area (Å²) in [5.41, 5.74) is 0. The molecule has 0 aromatic rings. The zero-order chi connectivity index (χ0) is 15.3. The fourth-order valence-electron chi connectivity index (χ4n) is 2.35. The molecule has 0 spiro atoms. The Morgan fingerprint density at radius 1 is 1.20 bits per heavy atom. The van der Waals surface area contributed by atoms with E-state index in [1.54, 1.807) is 0 Å². The lowest BCUT2D eigenvalue weighted by molar-refractivity contribution is -0.217. The average molecular weight is 304 g/mol. The first-order valence-corrected chi connectivity index (χ1v) is 10.2. The summed E-state index contributed by atoms with van der Waals surface area (Å²) in [6, 6.07) is 0. The predicted molar refractivity (Wildman–Crippen MR) is 77.9 cm³/mol. The van der Waals surface area contributed by atoms with E-state index in [0.717, 1.165) is 0 Å². The summed E-state index contributed by atoms with van der Waals surface area (Å²) in [5.74, 6) is -0.662. The van der Waals surface area contributed by atoms with Crippen LogP contribution in [0, 0.1) is 0 Å². The Bertz CT molecular complexity index is 363. The number of rotatable bonds is 3. The van der Waals surface area contributed by atoms with Crippen LogP contribution in [0.5, 0.6) is 0 Å². The zero-order valence-electron chi connectivity index (χ0n) is 13.6. The van der Waals surface area contributed by atoms with Crippen molar-refractivity contribution in [1.82, 2.24) is 0 Å². The van der Waals surface area contributed by atoms with Crippen LogP contribution in [-0.2, 0) is 18.6 Å². The first kappa shape index (κ1) is 16.4. The number of fused-ring (bicyclic) bond motifs is 1. The highest BCUT2D eigenvalue weighted by molar-refractivity contribution is 6.74. The smallest absolute Gasteiger partial charge is 0.192 e. The van der Waals surface area contributed by atoms with Crippen LogP contribution in [0.4, 0.5) is 0 Å². The van der Waals surface area contributed by atoms with Crippen LogP contribution >= 0.6 is 0 Å². The molecule has 20 heavy (non-hydrogen) atoms. The molecule has 0 unspecified atom stereocenters. The first-order chi connectivity index (χ1) is 8.97. The third-order valence-corrected chi connectivity index (χ3v) is 8.98. The predicted octanol–water partition coefficient (Wildman–Crippen LogP) is 2.25. The molecule has 0 saturated carbocycles. The lowest BCUT2D eigenvalue weighted by atomic mass is 10.1. The molecule has 0 aliphatic carbocycles. The van der Waals surface area contributed by atoms with Crippen LogP contribution < -0.4 is 0 Å². The highest BCUT2D eigenvalue weighted by atomic mass is 28.4. The standard InChI is InChI=1S/C14H28O5Si/c1-13(2,3)20(6,7)19-10-9(8-15)16-12-11(10)17-14(4,5)18-12/h9-12,15H,8H2,1-7H3/t9-,10+,11-,12-/m1/s1. The lowest BCUT2D eigenvalue weighted by Gasteiger charge is -2.40. The van der Waals surface area contributed by atoms with Crippen LogP contribution in [0.2, 0.25) is 18.1 Å². The van der Waals surface area contributed by atoms with Gasteiger partial charge in [0.2, 0.25) is 0 Å². The van der Waals surface area contributed by atoms with Gasteiger partial charge in [0.15, 0.2) is 20.4 Å². The van der Waals surface area contributed by atoms with Crippen LogP contribution in [0.15, 0.2) is 0 Å². The van der Waals surface area contributed by atoms with Crippen molar-refractivity contribution >= 4 is 8.32 Å². The highest BCUT2D eigenvalue weighted by Gasteiger charge is 2.57. The number of aliphatic hydroxyl groups excluding tert-OH is 1. The van der Waals surface area contributed by atoms with Crippen LogP contribution in [-0.4, -0.2) is 50.4 Å². The third kappa shape index (κ3) is 2.96. The van der Waals surface area contributed by atoms with Gasteiger partial charge in [-0.3, -0.25) is 0 Å². The quantitative estimate of drug-likeness (QED) is 0.810. The Labute approximate surface area is 122 Å². The molecule has 2 aliphatic rings. The van der Waals surface area contributed by atoms with E-state index in [-0.39, 0.29) is 30.0 Å². The summed E-state index contributed by atoms with van der Waals surface area (Å²) in [4.78, 5) is 0. The highest BCUT2D eigenvalue weighted by Crippen LogP contribution is 2.43. The minimum atomic E-state index is -1.96.